The predicted molar refractivity (Wildman–Crippen MR) is 77.1 cm³/mol. The van der Waals surface area contributed by atoms with Gasteiger partial charge in [-0.1, -0.05) is 17.4 Å². The van der Waals surface area contributed by atoms with Crippen molar-refractivity contribution >= 4 is 17.1 Å². The summed E-state index contributed by atoms with van der Waals surface area (Å²) >= 11 is 0. The number of benzene rings is 2. The third kappa shape index (κ3) is 3.39. The lowest BCUT2D eigenvalue weighted by Crippen LogP contribution is -1.91. The Balaban J connectivity index is 2.15. The van der Waals surface area contributed by atoms with Gasteiger partial charge in [-0.2, -0.15) is 5.26 Å². The van der Waals surface area contributed by atoms with Crippen LogP contribution in [-0.4, -0.2) is 4.92 Å². The second-order valence-corrected chi connectivity index (χ2v) is 4.20. The maximum absolute atomic E-state index is 10.6. The maximum atomic E-state index is 10.6. The van der Waals surface area contributed by atoms with Crippen LogP contribution in [0.5, 0.6) is 0 Å². The highest BCUT2D eigenvalue weighted by molar-refractivity contribution is 5.56. The summed E-state index contributed by atoms with van der Waals surface area (Å²) in [5.74, 6) is 0. The standard InChI is InChI=1S/C14H11N5O2/c1-10-8-12(19(20)21)6-7-13(10)16-18-17-14-5-3-2-4-11(14)9-15/h2-8H,1H3,(H,16,17). The fourth-order valence-electron chi connectivity index (χ4n) is 1.68. The molecule has 0 aliphatic heterocycles. The number of para-hydroxylation sites is 1. The number of hydrogen-bond donors (Lipinski definition) is 1. The highest BCUT2D eigenvalue weighted by atomic mass is 16.6. The molecule has 0 aromatic heterocycles. The third-order valence-electron chi connectivity index (χ3n) is 2.77. The number of anilines is 1. The molecule has 7 heteroatoms. The molecule has 0 saturated carbocycles. The summed E-state index contributed by atoms with van der Waals surface area (Å²) in [6.07, 6.45) is 0. The number of nitrogens with zero attached hydrogens (tertiary/aromatic N) is 4. The SMILES string of the molecule is Cc1cc([N+](=O)[O-])ccc1N=NNc1ccccc1C#N. The number of non-ortho nitro benzene ring substituents is 1. The van der Waals surface area contributed by atoms with E-state index in [4.69, 9.17) is 5.26 Å². The van der Waals surface area contributed by atoms with Gasteiger partial charge in [-0.05, 0) is 30.7 Å². The van der Waals surface area contributed by atoms with Gasteiger partial charge in [0, 0.05) is 12.1 Å². The van der Waals surface area contributed by atoms with Crippen LogP contribution in [0, 0.1) is 28.4 Å². The number of nitriles is 1. The van der Waals surface area contributed by atoms with Crippen LogP contribution in [0.4, 0.5) is 17.1 Å². The molecule has 104 valence electrons. The quantitative estimate of drug-likeness (QED) is 0.521. The minimum absolute atomic E-state index is 0.00855. The maximum Gasteiger partial charge on any atom is 0.269 e. The Morgan fingerprint density at radius 3 is 2.71 bits per heavy atom. The largest absolute Gasteiger partial charge is 0.269 e. The number of nitrogens with one attached hydrogen (secondary N) is 1. The fourth-order valence-corrected chi connectivity index (χ4v) is 1.68. The molecule has 0 amide bonds. The Morgan fingerprint density at radius 1 is 1.29 bits per heavy atom. The van der Waals surface area contributed by atoms with Crippen molar-refractivity contribution < 1.29 is 4.92 Å². The molecule has 0 aliphatic rings. The van der Waals surface area contributed by atoms with Crippen molar-refractivity contribution in [2.75, 3.05) is 5.43 Å². The van der Waals surface area contributed by atoms with Crippen molar-refractivity contribution in [2.45, 2.75) is 6.92 Å². The first-order chi connectivity index (χ1) is 10.1. The summed E-state index contributed by atoms with van der Waals surface area (Å²) in [4.78, 5) is 10.2. The van der Waals surface area contributed by atoms with Crippen LogP contribution in [-0.2, 0) is 0 Å². The first-order valence-corrected chi connectivity index (χ1v) is 6.02. The van der Waals surface area contributed by atoms with Gasteiger partial charge >= 0.3 is 0 Å². The van der Waals surface area contributed by atoms with Crippen molar-refractivity contribution in [2.24, 2.45) is 10.3 Å². The van der Waals surface area contributed by atoms with Crippen LogP contribution < -0.4 is 5.43 Å². The van der Waals surface area contributed by atoms with Crippen molar-refractivity contribution in [1.29, 1.82) is 5.26 Å². The average Bonchev–Trinajstić information content (AvgIpc) is 2.49. The zero-order valence-electron chi connectivity index (χ0n) is 11.1. The Labute approximate surface area is 120 Å². The van der Waals surface area contributed by atoms with E-state index in [1.54, 1.807) is 31.2 Å². The molecule has 0 saturated heterocycles. The molecule has 0 unspecified atom stereocenters. The summed E-state index contributed by atoms with van der Waals surface area (Å²) in [6.45, 7) is 1.71. The molecular weight excluding hydrogens is 270 g/mol. The monoisotopic (exact) mass is 281 g/mol. The van der Waals surface area contributed by atoms with E-state index >= 15 is 0 Å². The molecule has 0 aliphatic carbocycles. The molecule has 0 fully saturated rings. The lowest BCUT2D eigenvalue weighted by atomic mass is 10.2. The zero-order valence-corrected chi connectivity index (χ0v) is 11.1. The summed E-state index contributed by atoms with van der Waals surface area (Å²) in [7, 11) is 0. The van der Waals surface area contributed by atoms with Crippen molar-refractivity contribution in [3.63, 3.8) is 0 Å². The Kier molecular flexibility index (Phi) is 4.21. The summed E-state index contributed by atoms with van der Waals surface area (Å²) < 4.78 is 0. The molecule has 2 rings (SSSR count). The van der Waals surface area contributed by atoms with E-state index < -0.39 is 4.92 Å². The van der Waals surface area contributed by atoms with Gasteiger partial charge in [0.25, 0.3) is 5.69 Å². The van der Waals surface area contributed by atoms with E-state index in [0.717, 1.165) is 0 Å². The third-order valence-corrected chi connectivity index (χ3v) is 2.77. The van der Waals surface area contributed by atoms with Crippen LogP contribution in [0.25, 0.3) is 0 Å². The lowest BCUT2D eigenvalue weighted by Gasteiger charge is -2.02. The van der Waals surface area contributed by atoms with Gasteiger partial charge in [-0.3, -0.25) is 15.5 Å². The molecule has 2 aromatic carbocycles. The fraction of sp³-hybridized carbons (Fsp3) is 0.0714. The molecular formula is C14H11N5O2. The predicted octanol–water partition coefficient (Wildman–Crippen LogP) is 3.89. The van der Waals surface area contributed by atoms with Crippen LogP contribution in [0.2, 0.25) is 0 Å². The topological polar surface area (TPSA) is 104 Å². The van der Waals surface area contributed by atoms with E-state index in [1.807, 2.05) is 6.07 Å². The van der Waals surface area contributed by atoms with Gasteiger partial charge in [-0.25, -0.2) is 0 Å². The van der Waals surface area contributed by atoms with Crippen molar-refractivity contribution in [1.82, 2.24) is 0 Å². The number of rotatable bonds is 4. The minimum atomic E-state index is -0.463. The number of hydrogen-bond acceptors (Lipinski definition) is 5. The van der Waals surface area contributed by atoms with Gasteiger partial charge in [0.2, 0.25) is 0 Å². The molecule has 7 nitrogen and oxygen atoms in total. The second kappa shape index (κ2) is 6.25. The number of nitro benzene ring substituents is 1. The van der Waals surface area contributed by atoms with Gasteiger partial charge in [-0.15, -0.1) is 5.11 Å². The zero-order chi connectivity index (χ0) is 15.2. The van der Waals surface area contributed by atoms with Gasteiger partial charge in [0.05, 0.1) is 21.9 Å². The van der Waals surface area contributed by atoms with E-state index in [1.165, 1.54) is 18.2 Å². The summed E-state index contributed by atoms with van der Waals surface area (Å²) in [5, 5.41) is 27.3. The minimum Gasteiger partial charge on any atom is -0.258 e. The Hall–Kier alpha value is -3.27. The second-order valence-electron chi connectivity index (χ2n) is 4.20. The Morgan fingerprint density at radius 2 is 2.05 bits per heavy atom. The van der Waals surface area contributed by atoms with Crippen LogP contribution in [0.1, 0.15) is 11.1 Å². The van der Waals surface area contributed by atoms with Crippen LogP contribution in [0.3, 0.4) is 0 Å². The normalized spacial score (nSPS) is 10.3. The number of aryl methyl sites for hydroxylation is 1. The first kappa shape index (κ1) is 14.1. The molecule has 21 heavy (non-hydrogen) atoms. The molecule has 0 spiro atoms. The molecule has 0 heterocycles. The smallest absolute Gasteiger partial charge is 0.258 e. The van der Waals surface area contributed by atoms with E-state index in [9.17, 15) is 10.1 Å². The Bertz CT molecular complexity index is 749. The highest BCUT2D eigenvalue weighted by Crippen LogP contribution is 2.24. The summed E-state index contributed by atoms with van der Waals surface area (Å²) in [6, 6.07) is 13.2. The average molecular weight is 281 g/mol. The van der Waals surface area contributed by atoms with Crippen molar-refractivity contribution in [3.8, 4) is 6.07 Å². The molecule has 0 radical (unpaired) electrons. The van der Waals surface area contributed by atoms with E-state index in [2.05, 4.69) is 15.8 Å². The molecule has 2 aromatic rings. The van der Waals surface area contributed by atoms with E-state index in [-0.39, 0.29) is 5.69 Å². The molecule has 0 atom stereocenters. The lowest BCUT2D eigenvalue weighted by molar-refractivity contribution is -0.384. The van der Waals surface area contributed by atoms with Crippen LogP contribution in [0.15, 0.2) is 52.8 Å². The van der Waals surface area contributed by atoms with Crippen molar-refractivity contribution in [3.05, 3.63) is 63.7 Å². The molecule has 0 bridgehead atoms. The number of nitro groups is 1. The van der Waals surface area contributed by atoms with Gasteiger partial charge < -0.3 is 0 Å². The first-order valence-electron chi connectivity index (χ1n) is 6.02. The molecule has 1 N–H and O–H groups in total. The van der Waals surface area contributed by atoms with E-state index in [0.29, 0.717) is 22.5 Å². The van der Waals surface area contributed by atoms with Gasteiger partial charge in [0.15, 0.2) is 0 Å². The van der Waals surface area contributed by atoms with Crippen LogP contribution >= 0.6 is 0 Å². The summed E-state index contributed by atoms with van der Waals surface area (Å²) in [5.41, 5.74) is 4.85. The highest BCUT2D eigenvalue weighted by Gasteiger charge is 2.07. The van der Waals surface area contributed by atoms with Gasteiger partial charge in [0.1, 0.15) is 6.07 Å².